The second kappa shape index (κ2) is 4.30. The summed E-state index contributed by atoms with van der Waals surface area (Å²) in [5.74, 6) is -0.338. The van der Waals surface area contributed by atoms with Gasteiger partial charge in [-0.2, -0.15) is 0 Å². The number of halogens is 1. The zero-order chi connectivity index (χ0) is 12.5. The van der Waals surface area contributed by atoms with Crippen LogP contribution >= 0.6 is 0 Å². The van der Waals surface area contributed by atoms with Crippen molar-refractivity contribution in [3.05, 3.63) is 71.0 Å². The lowest BCUT2D eigenvalue weighted by atomic mass is 9.87. The number of aryl methyl sites for hydroxylation is 1. The van der Waals surface area contributed by atoms with Crippen molar-refractivity contribution in [2.45, 2.75) is 19.4 Å². The van der Waals surface area contributed by atoms with Gasteiger partial charge in [0.15, 0.2) is 0 Å². The van der Waals surface area contributed by atoms with Crippen molar-refractivity contribution in [2.24, 2.45) is 0 Å². The Hall–Kier alpha value is -1.67. The van der Waals surface area contributed by atoms with Crippen LogP contribution in [0.4, 0.5) is 4.39 Å². The largest absolute Gasteiger partial charge is 0.381 e. The normalized spacial score (nSPS) is 14.4. The van der Waals surface area contributed by atoms with Gasteiger partial charge in [-0.15, -0.1) is 0 Å². The molecule has 2 aromatic rings. The monoisotopic (exact) mass is 230 g/mol. The Kier molecular flexibility index (Phi) is 2.99. The van der Waals surface area contributed by atoms with Gasteiger partial charge in [-0.1, -0.05) is 42.0 Å². The van der Waals surface area contributed by atoms with Crippen LogP contribution in [-0.4, -0.2) is 5.11 Å². The molecule has 1 atom stereocenters. The fourth-order valence-corrected chi connectivity index (χ4v) is 1.91. The van der Waals surface area contributed by atoms with E-state index in [-0.39, 0.29) is 5.82 Å². The van der Waals surface area contributed by atoms with Gasteiger partial charge < -0.3 is 5.11 Å². The average Bonchev–Trinajstić information content (AvgIpc) is 2.29. The van der Waals surface area contributed by atoms with E-state index in [0.29, 0.717) is 5.56 Å². The first-order chi connectivity index (χ1) is 8.00. The van der Waals surface area contributed by atoms with E-state index in [2.05, 4.69) is 0 Å². The lowest BCUT2D eigenvalue weighted by molar-refractivity contribution is 0.102. The molecular formula is C15H15FO. The minimum Gasteiger partial charge on any atom is -0.381 e. The molecule has 2 aromatic carbocycles. The van der Waals surface area contributed by atoms with Gasteiger partial charge in [-0.05, 0) is 37.1 Å². The predicted octanol–water partition coefficient (Wildman–Crippen LogP) is 3.39. The van der Waals surface area contributed by atoms with Crippen LogP contribution in [0, 0.1) is 12.7 Å². The van der Waals surface area contributed by atoms with E-state index in [1.54, 1.807) is 19.1 Å². The third kappa shape index (κ3) is 2.37. The van der Waals surface area contributed by atoms with Crippen LogP contribution in [-0.2, 0) is 5.60 Å². The van der Waals surface area contributed by atoms with Gasteiger partial charge in [-0.3, -0.25) is 0 Å². The molecule has 88 valence electrons. The van der Waals surface area contributed by atoms with Crippen LogP contribution in [0.1, 0.15) is 23.6 Å². The van der Waals surface area contributed by atoms with Gasteiger partial charge in [0.2, 0.25) is 0 Å². The van der Waals surface area contributed by atoms with Crippen molar-refractivity contribution in [1.29, 1.82) is 0 Å². The second-order valence-corrected chi connectivity index (χ2v) is 4.45. The summed E-state index contributed by atoms with van der Waals surface area (Å²) in [4.78, 5) is 0. The minimum absolute atomic E-state index is 0.338. The molecule has 1 nitrogen and oxygen atoms in total. The summed E-state index contributed by atoms with van der Waals surface area (Å²) in [5, 5.41) is 10.5. The molecule has 17 heavy (non-hydrogen) atoms. The van der Waals surface area contributed by atoms with Crippen molar-refractivity contribution in [3.63, 3.8) is 0 Å². The molecule has 1 N–H and O–H groups in total. The number of hydrogen-bond acceptors (Lipinski definition) is 1. The molecule has 0 saturated carbocycles. The fraction of sp³-hybridized carbons (Fsp3) is 0.200. The van der Waals surface area contributed by atoms with Crippen molar-refractivity contribution >= 4 is 0 Å². The van der Waals surface area contributed by atoms with Gasteiger partial charge in [0, 0.05) is 0 Å². The Bertz CT molecular complexity index is 484. The first-order valence-electron chi connectivity index (χ1n) is 5.56. The van der Waals surface area contributed by atoms with Crippen LogP contribution in [0.5, 0.6) is 0 Å². The van der Waals surface area contributed by atoms with Crippen molar-refractivity contribution in [3.8, 4) is 0 Å². The predicted molar refractivity (Wildman–Crippen MR) is 66.3 cm³/mol. The van der Waals surface area contributed by atoms with Crippen molar-refractivity contribution < 1.29 is 9.50 Å². The summed E-state index contributed by atoms with van der Waals surface area (Å²) < 4.78 is 13.2. The summed E-state index contributed by atoms with van der Waals surface area (Å²) in [6.07, 6.45) is 0. The second-order valence-electron chi connectivity index (χ2n) is 4.45. The van der Waals surface area contributed by atoms with E-state index in [1.165, 1.54) is 12.1 Å². The maximum absolute atomic E-state index is 13.2. The lowest BCUT2D eigenvalue weighted by Gasteiger charge is -2.25. The van der Waals surface area contributed by atoms with Crippen molar-refractivity contribution in [1.82, 2.24) is 0 Å². The molecule has 2 heteroatoms. The van der Waals surface area contributed by atoms with E-state index < -0.39 is 5.60 Å². The van der Waals surface area contributed by atoms with Crippen LogP contribution in [0.2, 0.25) is 0 Å². The van der Waals surface area contributed by atoms with Crippen molar-refractivity contribution in [2.75, 3.05) is 0 Å². The smallest absolute Gasteiger partial charge is 0.123 e. The number of hydrogen-bond donors (Lipinski definition) is 1. The topological polar surface area (TPSA) is 20.2 Å². The first-order valence-corrected chi connectivity index (χ1v) is 5.56. The summed E-state index contributed by atoms with van der Waals surface area (Å²) in [7, 11) is 0. The highest BCUT2D eigenvalue weighted by molar-refractivity contribution is 5.37. The van der Waals surface area contributed by atoms with Gasteiger partial charge in [0.25, 0.3) is 0 Å². The van der Waals surface area contributed by atoms with E-state index >= 15 is 0 Å². The zero-order valence-corrected chi connectivity index (χ0v) is 9.94. The Balaban J connectivity index is 2.49. The van der Waals surface area contributed by atoms with Gasteiger partial charge in [-0.25, -0.2) is 4.39 Å². The summed E-state index contributed by atoms with van der Waals surface area (Å²) in [6, 6.07) is 13.7. The SMILES string of the molecule is Cc1cccc(C(C)(O)c2cccc(F)c2)c1. The molecule has 0 aliphatic heterocycles. The third-order valence-corrected chi connectivity index (χ3v) is 2.97. The molecule has 0 bridgehead atoms. The molecule has 0 aliphatic carbocycles. The summed E-state index contributed by atoms with van der Waals surface area (Å²) in [6.45, 7) is 3.64. The Morgan fingerprint density at radius 1 is 1.00 bits per heavy atom. The van der Waals surface area contributed by atoms with Crippen LogP contribution < -0.4 is 0 Å². The van der Waals surface area contributed by atoms with E-state index in [0.717, 1.165) is 11.1 Å². The van der Waals surface area contributed by atoms with Crippen LogP contribution in [0.3, 0.4) is 0 Å². The highest BCUT2D eigenvalue weighted by Gasteiger charge is 2.25. The standard InChI is InChI=1S/C15H15FO/c1-11-5-3-6-12(9-11)15(2,17)13-7-4-8-14(16)10-13/h3-10,17H,1-2H3. The number of aliphatic hydroxyl groups is 1. The lowest BCUT2D eigenvalue weighted by Crippen LogP contribution is -2.22. The van der Waals surface area contributed by atoms with Gasteiger partial charge >= 0.3 is 0 Å². The maximum atomic E-state index is 13.2. The third-order valence-electron chi connectivity index (χ3n) is 2.97. The highest BCUT2D eigenvalue weighted by Crippen LogP contribution is 2.29. The zero-order valence-electron chi connectivity index (χ0n) is 9.94. The van der Waals surface area contributed by atoms with Crippen LogP contribution in [0.15, 0.2) is 48.5 Å². The molecule has 0 aromatic heterocycles. The molecule has 0 fully saturated rings. The molecule has 0 saturated heterocycles. The average molecular weight is 230 g/mol. The maximum Gasteiger partial charge on any atom is 0.123 e. The molecule has 0 heterocycles. The Morgan fingerprint density at radius 3 is 2.18 bits per heavy atom. The van der Waals surface area contributed by atoms with E-state index in [4.69, 9.17) is 0 Å². The van der Waals surface area contributed by atoms with Gasteiger partial charge in [0.05, 0.1) is 0 Å². The number of benzene rings is 2. The van der Waals surface area contributed by atoms with Crippen LogP contribution in [0.25, 0.3) is 0 Å². The molecule has 0 radical (unpaired) electrons. The minimum atomic E-state index is -1.17. The Labute approximate surface area is 101 Å². The first kappa shape index (κ1) is 11.8. The number of rotatable bonds is 2. The molecule has 2 rings (SSSR count). The highest BCUT2D eigenvalue weighted by atomic mass is 19.1. The van der Waals surface area contributed by atoms with E-state index in [1.807, 2.05) is 31.2 Å². The van der Waals surface area contributed by atoms with Gasteiger partial charge in [0.1, 0.15) is 11.4 Å². The molecule has 0 aliphatic rings. The fourth-order valence-electron chi connectivity index (χ4n) is 1.91. The summed E-state index contributed by atoms with van der Waals surface area (Å²) in [5.41, 5.74) is 1.22. The quantitative estimate of drug-likeness (QED) is 0.838. The molecule has 1 unspecified atom stereocenters. The molecular weight excluding hydrogens is 215 g/mol. The Morgan fingerprint density at radius 2 is 1.59 bits per heavy atom. The van der Waals surface area contributed by atoms with E-state index in [9.17, 15) is 9.50 Å². The molecule has 0 amide bonds. The molecule has 0 spiro atoms. The summed E-state index contributed by atoms with van der Waals surface area (Å²) >= 11 is 0.